The van der Waals surface area contributed by atoms with Gasteiger partial charge < -0.3 is 25.0 Å². The summed E-state index contributed by atoms with van der Waals surface area (Å²) in [6, 6.07) is 7.69. The Labute approximate surface area is 198 Å². The van der Waals surface area contributed by atoms with E-state index < -0.39 is 0 Å². The highest BCUT2D eigenvalue weighted by Gasteiger charge is 2.26. The van der Waals surface area contributed by atoms with E-state index in [0.29, 0.717) is 31.7 Å². The van der Waals surface area contributed by atoms with Crippen molar-refractivity contribution in [2.75, 3.05) is 33.3 Å². The molecule has 1 saturated heterocycles. The topological polar surface area (TPSA) is 75.2 Å². The molecule has 7 nitrogen and oxygen atoms in total. The van der Waals surface area contributed by atoms with Gasteiger partial charge in [-0.15, -0.1) is 24.0 Å². The van der Waals surface area contributed by atoms with Crippen molar-refractivity contribution in [3.8, 4) is 0 Å². The molecule has 1 aromatic carbocycles. The molecule has 8 heteroatoms. The summed E-state index contributed by atoms with van der Waals surface area (Å²) >= 11 is 0. The molecule has 1 heterocycles. The molecule has 2 unspecified atom stereocenters. The van der Waals surface area contributed by atoms with Gasteiger partial charge in [0.2, 0.25) is 0 Å². The van der Waals surface area contributed by atoms with Gasteiger partial charge in [-0.05, 0) is 52.3 Å². The summed E-state index contributed by atoms with van der Waals surface area (Å²) in [7, 11) is 1.70. The molecule has 2 N–H and O–H groups in total. The SMILES string of the molecule is CCNC(=NCc1ccc(C(=O)N2CC(C)OC(C)C2)cc1)NCC(C)(C)OC.I. The van der Waals surface area contributed by atoms with Gasteiger partial charge >= 0.3 is 0 Å². The molecule has 0 bridgehead atoms. The predicted molar refractivity (Wildman–Crippen MR) is 132 cm³/mol. The molecule has 30 heavy (non-hydrogen) atoms. The van der Waals surface area contributed by atoms with E-state index in [-0.39, 0.29) is 47.7 Å². The average molecular weight is 532 g/mol. The second-order valence-electron chi connectivity index (χ2n) is 8.18. The molecule has 1 amide bonds. The molecule has 2 rings (SSSR count). The minimum Gasteiger partial charge on any atom is -0.377 e. The molecule has 0 aliphatic carbocycles. The van der Waals surface area contributed by atoms with Crippen molar-refractivity contribution in [3.05, 3.63) is 35.4 Å². The lowest BCUT2D eigenvalue weighted by molar-refractivity contribution is -0.0586. The van der Waals surface area contributed by atoms with Gasteiger partial charge in [0, 0.05) is 38.9 Å². The number of carbonyl (C=O) groups excluding carboxylic acids is 1. The molecule has 1 fully saturated rings. The number of guanidine groups is 1. The highest BCUT2D eigenvalue weighted by Crippen LogP contribution is 2.15. The van der Waals surface area contributed by atoms with Crippen LogP contribution in [0.15, 0.2) is 29.3 Å². The molecular weight excluding hydrogens is 495 g/mol. The fraction of sp³-hybridized carbons (Fsp3) is 0.636. The zero-order chi connectivity index (χ0) is 21.4. The van der Waals surface area contributed by atoms with Crippen LogP contribution in [0.1, 0.15) is 50.5 Å². The molecule has 0 spiro atoms. The number of benzene rings is 1. The molecule has 1 aliphatic rings. The van der Waals surface area contributed by atoms with Crippen molar-refractivity contribution in [2.45, 2.75) is 59.0 Å². The van der Waals surface area contributed by atoms with Crippen molar-refractivity contribution < 1.29 is 14.3 Å². The normalized spacial score (nSPS) is 19.8. The van der Waals surface area contributed by atoms with Gasteiger partial charge in [0.05, 0.1) is 24.4 Å². The predicted octanol–water partition coefficient (Wildman–Crippen LogP) is 3.03. The fourth-order valence-electron chi connectivity index (χ4n) is 3.16. The van der Waals surface area contributed by atoms with Gasteiger partial charge in [-0.25, -0.2) is 4.99 Å². The third-order valence-corrected chi connectivity index (χ3v) is 4.91. The van der Waals surface area contributed by atoms with E-state index in [0.717, 1.165) is 18.1 Å². The number of morpholine rings is 1. The number of nitrogens with one attached hydrogen (secondary N) is 2. The number of methoxy groups -OCH3 is 1. The van der Waals surface area contributed by atoms with Crippen LogP contribution in [0.5, 0.6) is 0 Å². The summed E-state index contributed by atoms with van der Waals surface area (Å²) < 4.78 is 11.2. The number of halogens is 1. The molecular formula is C22H37IN4O3. The first-order valence-electron chi connectivity index (χ1n) is 10.3. The third-order valence-electron chi connectivity index (χ3n) is 4.91. The second kappa shape index (κ2) is 12.5. The quantitative estimate of drug-likeness (QED) is 0.321. The fourth-order valence-corrected chi connectivity index (χ4v) is 3.16. The zero-order valence-electron chi connectivity index (χ0n) is 19.0. The Balaban J connectivity index is 0.00000450. The monoisotopic (exact) mass is 532 g/mol. The van der Waals surface area contributed by atoms with Gasteiger partial charge in [-0.1, -0.05) is 12.1 Å². The van der Waals surface area contributed by atoms with Crippen LogP contribution < -0.4 is 10.6 Å². The summed E-state index contributed by atoms with van der Waals surface area (Å²) in [5, 5.41) is 6.55. The number of nitrogens with zero attached hydrogens (tertiary/aromatic N) is 2. The van der Waals surface area contributed by atoms with Crippen molar-refractivity contribution in [2.24, 2.45) is 4.99 Å². The van der Waals surface area contributed by atoms with E-state index in [4.69, 9.17) is 9.47 Å². The van der Waals surface area contributed by atoms with E-state index in [1.807, 2.05) is 63.8 Å². The smallest absolute Gasteiger partial charge is 0.254 e. The number of rotatable bonds is 7. The molecule has 0 saturated carbocycles. The number of hydrogen-bond acceptors (Lipinski definition) is 4. The van der Waals surface area contributed by atoms with Crippen molar-refractivity contribution in [1.29, 1.82) is 0 Å². The summed E-state index contributed by atoms with van der Waals surface area (Å²) in [4.78, 5) is 19.3. The Morgan fingerprint density at radius 2 is 1.80 bits per heavy atom. The molecule has 1 aliphatic heterocycles. The Morgan fingerprint density at radius 3 is 2.33 bits per heavy atom. The summed E-state index contributed by atoms with van der Waals surface area (Å²) in [5.41, 5.74) is 1.48. The highest BCUT2D eigenvalue weighted by molar-refractivity contribution is 14.0. The molecule has 2 atom stereocenters. The summed E-state index contributed by atoms with van der Waals surface area (Å²) in [6.45, 7) is 13.3. The summed E-state index contributed by atoms with van der Waals surface area (Å²) in [5.74, 6) is 0.799. The lowest BCUT2D eigenvalue weighted by atomic mass is 10.1. The van der Waals surface area contributed by atoms with E-state index >= 15 is 0 Å². The molecule has 0 aromatic heterocycles. The van der Waals surface area contributed by atoms with Gasteiger partial charge in [-0.3, -0.25) is 4.79 Å². The van der Waals surface area contributed by atoms with Crippen LogP contribution in [0.3, 0.4) is 0 Å². The van der Waals surface area contributed by atoms with Gasteiger partial charge in [0.1, 0.15) is 0 Å². The van der Waals surface area contributed by atoms with Crippen LogP contribution in [0, 0.1) is 0 Å². The van der Waals surface area contributed by atoms with E-state index in [2.05, 4.69) is 15.6 Å². The van der Waals surface area contributed by atoms with Crippen LogP contribution >= 0.6 is 24.0 Å². The first kappa shape index (κ1) is 26.6. The van der Waals surface area contributed by atoms with Crippen LogP contribution in [0.4, 0.5) is 0 Å². The number of aliphatic imine (C=N–C) groups is 1. The number of carbonyl (C=O) groups is 1. The van der Waals surface area contributed by atoms with Crippen LogP contribution in [0.2, 0.25) is 0 Å². The maximum Gasteiger partial charge on any atom is 0.254 e. The Bertz CT molecular complexity index is 684. The standard InChI is InChI=1S/C22H36N4O3.HI/c1-7-23-21(25-15-22(4,5)28-6)24-12-18-8-10-19(11-9-18)20(27)26-13-16(2)29-17(3)14-26;/h8-11,16-17H,7,12-15H2,1-6H3,(H2,23,24,25);1H. The maximum absolute atomic E-state index is 12.8. The van der Waals surface area contributed by atoms with Crippen molar-refractivity contribution in [3.63, 3.8) is 0 Å². The number of amides is 1. The van der Waals surface area contributed by atoms with E-state index in [9.17, 15) is 4.79 Å². The van der Waals surface area contributed by atoms with Crippen LogP contribution in [-0.2, 0) is 16.0 Å². The minimum absolute atomic E-state index is 0. The van der Waals surface area contributed by atoms with Gasteiger partial charge in [0.15, 0.2) is 5.96 Å². The third kappa shape index (κ3) is 8.39. The first-order valence-corrected chi connectivity index (χ1v) is 10.3. The Hall–Kier alpha value is -1.39. The Morgan fingerprint density at radius 1 is 1.20 bits per heavy atom. The second-order valence-corrected chi connectivity index (χ2v) is 8.18. The van der Waals surface area contributed by atoms with Gasteiger partial charge in [0.25, 0.3) is 5.91 Å². The largest absolute Gasteiger partial charge is 0.377 e. The van der Waals surface area contributed by atoms with E-state index in [1.54, 1.807) is 7.11 Å². The number of ether oxygens (including phenoxy) is 2. The average Bonchev–Trinajstić information content (AvgIpc) is 2.69. The van der Waals surface area contributed by atoms with Crippen LogP contribution in [-0.4, -0.2) is 67.9 Å². The minimum atomic E-state index is -0.271. The van der Waals surface area contributed by atoms with E-state index in [1.165, 1.54) is 0 Å². The van der Waals surface area contributed by atoms with Crippen molar-refractivity contribution in [1.82, 2.24) is 15.5 Å². The molecule has 0 radical (unpaired) electrons. The highest BCUT2D eigenvalue weighted by atomic mass is 127. The number of hydrogen-bond donors (Lipinski definition) is 2. The first-order chi connectivity index (χ1) is 13.7. The maximum atomic E-state index is 12.8. The molecule has 1 aromatic rings. The van der Waals surface area contributed by atoms with Gasteiger partial charge in [-0.2, -0.15) is 0 Å². The van der Waals surface area contributed by atoms with Crippen LogP contribution in [0.25, 0.3) is 0 Å². The summed E-state index contributed by atoms with van der Waals surface area (Å²) in [6.07, 6.45) is 0.132. The Kier molecular flexibility index (Phi) is 11.1. The molecule has 170 valence electrons. The zero-order valence-corrected chi connectivity index (χ0v) is 21.4. The lowest BCUT2D eigenvalue weighted by Crippen LogP contribution is -2.48. The lowest BCUT2D eigenvalue weighted by Gasteiger charge is -2.35. The van der Waals surface area contributed by atoms with Crippen molar-refractivity contribution >= 4 is 35.8 Å².